The molecule has 2 aromatic rings. The van der Waals surface area contributed by atoms with Gasteiger partial charge in [0.15, 0.2) is 0 Å². The fourth-order valence-electron chi connectivity index (χ4n) is 2.17. The van der Waals surface area contributed by atoms with E-state index in [2.05, 4.69) is 51.7 Å². The van der Waals surface area contributed by atoms with Gasteiger partial charge in [-0.1, -0.05) is 32.0 Å². The molecule has 4 heteroatoms. The van der Waals surface area contributed by atoms with Gasteiger partial charge in [0.1, 0.15) is 0 Å². The summed E-state index contributed by atoms with van der Waals surface area (Å²) in [4.78, 5) is 11.5. The van der Waals surface area contributed by atoms with Crippen molar-refractivity contribution < 1.29 is 4.79 Å². The lowest BCUT2D eigenvalue weighted by Crippen LogP contribution is -2.37. The van der Waals surface area contributed by atoms with Crippen LogP contribution in [0.15, 0.2) is 36.5 Å². The summed E-state index contributed by atoms with van der Waals surface area (Å²) in [6.45, 7) is 6.09. The highest BCUT2D eigenvalue weighted by Gasteiger charge is 2.02. The molecule has 0 spiro atoms. The second-order valence-corrected chi connectivity index (χ2v) is 5.31. The fourth-order valence-corrected chi connectivity index (χ4v) is 2.17. The topological polar surface area (TPSA) is 46.1 Å². The van der Waals surface area contributed by atoms with Crippen molar-refractivity contribution in [2.24, 2.45) is 0 Å². The molecule has 0 bridgehead atoms. The van der Waals surface area contributed by atoms with Crippen LogP contribution in [0.4, 0.5) is 0 Å². The Morgan fingerprint density at radius 3 is 2.85 bits per heavy atom. The number of rotatable bonds is 7. The summed E-state index contributed by atoms with van der Waals surface area (Å²) in [7, 11) is 0. The van der Waals surface area contributed by atoms with Gasteiger partial charge in [-0.3, -0.25) is 4.79 Å². The second kappa shape index (κ2) is 7.10. The molecule has 0 aliphatic heterocycles. The average Bonchev–Trinajstić information content (AvgIpc) is 2.85. The van der Waals surface area contributed by atoms with Gasteiger partial charge < -0.3 is 15.2 Å². The lowest BCUT2D eigenvalue weighted by Gasteiger charge is -2.09. The molecule has 1 aromatic carbocycles. The van der Waals surface area contributed by atoms with Crippen LogP contribution in [0.25, 0.3) is 10.9 Å². The molecule has 2 N–H and O–H groups in total. The lowest BCUT2D eigenvalue weighted by atomic mass is 10.2. The third kappa shape index (κ3) is 4.10. The summed E-state index contributed by atoms with van der Waals surface area (Å²) < 4.78 is 2.23. The van der Waals surface area contributed by atoms with E-state index in [1.54, 1.807) is 0 Å². The Balaban J connectivity index is 1.72. The molecule has 20 heavy (non-hydrogen) atoms. The minimum atomic E-state index is 0.0658. The highest BCUT2D eigenvalue weighted by molar-refractivity contribution is 5.80. The number of amides is 1. The van der Waals surface area contributed by atoms with E-state index in [9.17, 15) is 4.79 Å². The Morgan fingerprint density at radius 2 is 2.05 bits per heavy atom. The first-order valence-electron chi connectivity index (χ1n) is 7.21. The van der Waals surface area contributed by atoms with Crippen molar-refractivity contribution in [3.05, 3.63) is 36.5 Å². The van der Waals surface area contributed by atoms with Crippen molar-refractivity contribution in [1.82, 2.24) is 15.2 Å². The average molecular weight is 273 g/mol. The minimum absolute atomic E-state index is 0.0658. The minimum Gasteiger partial charge on any atom is -0.355 e. The summed E-state index contributed by atoms with van der Waals surface area (Å²) in [5.74, 6) is 0.0658. The zero-order valence-corrected chi connectivity index (χ0v) is 12.2. The lowest BCUT2D eigenvalue weighted by molar-refractivity contribution is -0.120. The van der Waals surface area contributed by atoms with Gasteiger partial charge in [0.25, 0.3) is 0 Å². The van der Waals surface area contributed by atoms with E-state index >= 15 is 0 Å². The van der Waals surface area contributed by atoms with E-state index in [-0.39, 0.29) is 5.91 Å². The number of carbonyl (C=O) groups is 1. The number of para-hydroxylation sites is 1. The van der Waals surface area contributed by atoms with Gasteiger partial charge in [-0.25, -0.2) is 0 Å². The Bertz CT molecular complexity index is 560. The van der Waals surface area contributed by atoms with Gasteiger partial charge in [0.2, 0.25) is 5.91 Å². The van der Waals surface area contributed by atoms with E-state index in [0.29, 0.717) is 19.1 Å². The van der Waals surface area contributed by atoms with Crippen LogP contribution in [0, 0.1) is 0 Å². The standard InChI is InChI=1S/C16H23N3O/c1-13(2)18-12-16(20)17-9-5-10-19-11-8-14-6-3-4-7-15(14)19/h3-4,6-8,11,13,18H,5,9-10,12H2,1-2H3,(H,17,20). The number of carbonyl (C=O) groups excluding carboxylic acids is 1. The Kier molecular flexibility index (Phi) is 5.18. The van der Waals surface area contributed by atoms with Crippen LogP contribution in [0.2, 0.25) is 0 Å². The van der Waals surface area contributed by atoms with Crippen LogP contribution in [-0.2, 0) is 11.3 Å². The molecular formula is C16H23N3O. The molecule has 4 nitrogen and oxygen atoms in total. The van der Waals surface area contributed by atoms with Gasteiger partial charge in [0.05, 0.1) is 6.54 Å². The number of benzene rings is 1. The zero-order chi connectivity index (χ0) is 14.4. The molecule has 0 aliphatic carbocycles. The van der Waals surface area contributed by atoms with E-state index in [1.165, 1.54) is 10.9 Å². The van der Waals surface area contributed by atoms with E-state index in [0.717, 1.165) is 13.0 Å². The summed E-state index contributed by atoms with van der Waals surface area (Å²) in [5, 5.41) is 7.30. The molecule has 2 rings (SSSR count). The molecule has 1 amide bonds. The van der Waals surface area contributed by atoms with Gasteiger partial charge in [-0.2, -0.15) is 0 Å². The summed E-state index contributed by atoms with van der Waals surface area (Å²) >= 11 is 0. The van der Waals surface area contributed by atoms with E-state index in [1.807, 2.05) is 13.8 Å². The normalized spacial score (nSPS) is 11.2. The molecule has 1 heterocycles. The van der Waals surface area contributed by atoms with Gasteiger partial charge >= 0.3 is 0 Å². The van der Waals surface area contributed by atoms with Crippen LogP contribution in [-0.4, -0.2) is 29.6 Å². The van der Waals surface area contributed by atoms with Crippen LogP contribution >= 0.6 is 0 Å². The number of fused-ring (bicyclic) bond motifs is 1. The number of aryl methyl sites for hydroxylation is 1. The molecule has 1 aromatic heterocycles. The Labute approximate surface area is 120 Å². The fraction of sp³-hybridized carbons (Fsp3) is 0.438. The first-order valence-corrected chi connectivity index (χ1v) is 7.21. The smallest absolute Gasteiger partial charge is 0.233 e. The third-order valence-electron chi connectivity index (χ3n) is 3.25. The highest BCUT2D eigenvalue weighted by atomic mass is 16.1. The van der Waals surface area contributed by atoms with E-state index in [4.69, 9.17) is 0 Å². The molecule has 108 valence electrons. The van der Waals surface area contributed by atoms with Crippen molar-refractivity contribution in [1.29, 1.82) is 0 Å². The zero-order valence-electron chi connectivity index (χ0n) is 12.2. The predicted octanol–water partition coefficient (Wildman–Crippen LogP) is 2.15. The maximum absolute atomic E-state index is 11.5. The number of hydrogen-bond acceptors (Lipinski definition) is 2. The number of nitrogens with zero attached hydrogens (tertiary/aromatic N) is 1. The van der Waals surface area contributed by atoms with Crippen molar-refractivity contribution in [2.75, 3.05) is 13.1 Å². The SMILES string of the molecule is CC(C)NCC(=O)NCCCn1ccc2ccccc21. The van der Waals surface area contributed by atoms with Gasteiger partial charge in [-0.15, -0.1) is 0 Å². The molecule has 0 aliphatic rings. The maximum atomic E-state index is 11.5. The molecule has 0 atom stereocenters. The van der Waals surface area contributed by atoms with Crippen molar-refractivity contribution in [3.63, 3.8) is 0 Å². The number of nitrogens with one attached hydrogen (secondary N) is 2. The summed E-state index contributed by atoms with van der Waals surface area (Å²) in [6, 6.07) is 10.8. The molecule has 0 unspecified atom stereocenters. The van der Waals surface area contributed by atoms with Crippen LogP contribution in [0.5, 0.6) is 0 Å². The van der Waals surface area contributed by atoms with Crippen LogP contribution in [0.1, 0.15) is 20.3 Å². The number of hydrogen-bond donors (Lipinski definition) is 2. The first-order chi connectivity index (χ1) is 9.66. The third-order valence-corrected chi connectivity index (χ3v) is 3.25. The quantitative estimate of drug-likeness (QED) is 0.759. The largest absolute Gasteiger partial charge is 0.355 e. The first kappa shape index (κ1) is 14.6. The Hall–Kier alpha value is -1.81. The molecule has 0 saturated heterocycles. The molecule has 0 saturated carbocycles. The van der Waals surface area contributed by atoms with Crippen molar-refractivity contribution >= 4 is 16.8 Å². The van der Waals surface area contributed by atoms with Crippen molar-refractivity contribution in [3.8, 4) is 0 Å². The summed E-state index contributed by atoms with van der Waals surface area (Å²) in [5.41, 5.74) is 1.25. The van der Waals surface area contributed by atoms with Crippen molar-refractivity contribution in [2.45, 2.75) is 32.9 Å². The van der Waals surface area contributed by atoms with Gasteiger partial charge in [-0.05, 0) is 23.9 Å². The van der Waals surface area contributed by atoms with Crippen LogP contribution in [0.3, 0.4) is 0 Å². The summed E-state index contributed by atoms with van der Waals surface area (Å²) in [6.07, 6.45) is 3.04. The maximum Gasteiger partial charge on any atom is 0.233 e. The predicted molar refractivity (Wildman–Crippen MR) is 82.7 cm³/mol. The van der Waals surface area contributed by atoms with E-state index < -0.39 is 0 Å². The van der Waals surface area contributed by atoms with Crippen LogP contribution < -0.4 is 10.6 Å². The monoisotopic (exact) mass is 273 g/mol. The Morgan fingerprint density at radius 1 is 1.25 bits per heavy atom. The number of aromatic nitrogens is 1. The molecular weight excluding hydrogens is 250 g/mol. The highest BCUT2D eigenvalue weighted by Crippen LogP contribution is 2.14. The van der Waals surface area contributed by atoms with Gasteiger partial charge in [0, 0.05) is 30.8 Å². The second-order valence-electron chi connectivity index (χ2n) is 5.31. The molecule has 0 fully saturated rings. The molecule has 0 radical (unpaired) electrons.